The van der Waals surface area contributed by atoms with Crippen LogP contribution in [0.3, 0.4) is 0 Å². The number of hydrogen-bond acceptors (Lipinski definition) is 4. The molecule has 15 heavy (non-hydrogen) atoms. The fourth-order valence-corrected chi connectivity index (χ4v) is 1.77. The van der Waals surface area contributed by atoms with Gasteiger partial charge in [0.1, 0.15) is 18.2 Å². The number of aryl methyl sites for hydroxylation is 1. The van der Waals surface area contributed by atoms with Crippen molar-refractivity contribution in [2.75, 3.05) is 13.2 Å². The van der Waals surface area contributed by atoms with E-state index in [-0.39, 0.29) is 12.5 Å². The molecule has 1 atom stereocenters. The Kier molecular flexibility index (Phi) is 2.68. The summed E-state index contributed by atoms with van der Waals surface area (Å²) in [6.07, 6.45) is 0.887. The highest BCUT2D eigenvalue weighted by atomic mass is 16.5. The van der Waals surface area contributed by atoms with Gasteiger partial charge in [0.05, 0.1) is 6.61 Å². The summed E-state index contributed by atoms with van der Waals surface area (Å²) in [5, 5.41) is 16.7. The number of aromatic nitrogens is 3. The molecule has 1 aliphatic heterocycles. The van der Waals surface area contributed by atoms with Crippen LogP contribution in [0.15, 0.2) is 0 Å². The van der Waals surface area contributed by atoms with Crippen LogP contribution < -0.4 is 0 Å². The lowest BCUT2D eigenvalue weighted by molar-refractivity contribution is -0.137. The molecule has 0 aromatic carbocycles. The van der Waals surface area contributed by atoms with Gasteiger partial charge in [-0.1, -0.05) is 0 Å². The molecule has 1 saturated heterocycles. The van der Waals surface area contributed by atoms with Crippen molar-refractivity contribution < 1.29 is 14.6 Å². The first-order valence-electron chi connectivity index (χ1n) is 4.87. The lowest BCUT2D eigenvalue weighted by Gasteiger charge is -2.09. The Bertz CT molecular complexity index is 369. The number of hydrogen-bond donors (Lipinski definition) is 1. The van der Waals surface area contributed by atoms with Gasteiger partial charge in [0.15, 0.2) is 0 Å². The Morgan fingerprint density at radius 1 is 1.67 bits per heavy atom. The Morgan fingerprint density at radius 2 is 2.47 bits per heavy atom. The van der Waals surface area contributed by atoms with Crippen molar-refractivity contribution in [1.29, 1.82) is 0 Å². The maximum Gasteiger partial charge on any atom is 0.323 e. The molecule has 2 rings (SSSR count). The highest BCUT2D eigenvalue weighted by Crippen LogP contribution is 2.23. The fraction of sp³-hybridized carbons (Fsp3) is 0.667. The molecule has 1 fully saturated rings. The van der Waals surface area contributed by atoms with Crippen LogP contribution in [0.1, 0.15) is 24.0 Å². The summed E-state index contributed by atoms with van der Waals surface area (Å²) in [5.41, 5.74) is 0. The van der Waals surface area contributed by atoms with Gasteiger partial charge in [-0.15, -0.1) is 10.2 Å². The highest BCUT2D eigenvalue weighted by Gasteiger charge is 2.24. The first-order valence-corrected chi connectivity index (χ1v) is 4.87. The van der Waals surface area contributed by atoms with E-state index >= 15 is 0 Å². The average Bonchev–Trinajstić information content (AvgIpc) is 2.76. The largest absolute Gasteiger partial charge is 0.480 e. The molecule has 82 valence electrons. The zero-order valence-electron chi connectivity index (χ0n) is 8.51. The van der Waals surface area contributed by atoms with Crippen LogP contribution in [0, 0.1) is 6.92 Å². The molecule has 0 spiro atoms. The van der Waals surface area contributed by atoms with E-state index in [9.17, 15) is 4.79 Å². The summed E-state index contributed by atoms with van der Waals surface area (Å²) in [5.74, 6) is 0.676. The minimum absolute atomic E-state index is 0.0787. The van der Waals surface area contributed by atoms with Gasteiger partial charge < -0.3 is 14.4 Å². The van der Waals surface area contributed by atoms with Gasteiger partial charge in [-0.3, -0.25) is 4.79 Å². The molecule has 1 aliphatic rings. The number of carbonyl (C=O) groups is 1. The van der Waals surface area contributed by atoms with Crippen LogP contribution in [0.4, 0.5) is 0 Å². The SMILES string of the molecule is Cc1nnc(C2CCOC2)n1CC(=O)O. The fourth-order valence-electron chi connectivity index (χ4n) is 1.77. The highest BCUT2D eigenvalue weighted by molar-refractivity contribution is 5.66. The Labute approximate surface area is 86.9 Å². The zero-order valence-corrected chi connectivity index (χ0v) is 8.51. The van der Waals surface area contributed by atoms with Crippen LogP contribution in [-0.4, -0.2) is 39.1 Å². The summed E-state index contributed by atoms with van der Waals surface area (Å²) < 4.78 is 6.89. The minimum Gasteiger partial charge on any atom is -0.480 e. The molecule has 0 radical (unpaired) electrons. The Balaban J connectivity index is 2.25. The summed E-state index contributed by atoms with van der Waals surface area (Å²) in [6, 6.07) is 0. The molecule has 1 aromatic rings. The maximum absolute atomic E-state index is 10.7. The number of ether oxygens (including phenoxy) is 1. The second-order valence-corrected chi connectivity index (χ2v) is 3.65. The number of nitrogens with zero attached hydrogens (tertiary/aromatic N) is 3. The van der Waals surface area contributed by atoms with Crippen LogP contribution in [0.2, 0.25) is 0 Å². The van der Waals surface area contributed by atoms with Gasteiger partial charge in [0.25, 0.3) is 0 Å². The van der Waals surface area contributed by atoms with Crippen molar-refractivity contribution in [3.05, 3.63) is 11.6 Å². The normalized spacial score (nSPS) is 20.7. The van der Waals surface area contributed by atoms with Gasteiger partial charge in [-0.25, -0.2) is 0 Å². The van der Waals surface area contributed by atoms with Gasteiger partial charge in [-0.2, -0.15) is 0 Å². The van der Waals surface area contributed by atoms with Crippen LogP contribution in [0.5, 0.6) is 0 Å². The smallest absolute Gasteiger partial charge is 0.323 e. The van der Waals surface area contributed by atoms with Crippen molar-refractivity contribution in [3.8, 4) is 0 Å². The molecule has 1 aromatic heterocycles. The van der Waals surface area contributed by atoms with Crippen molar-refractivity contribution in [1.82, 2.24) is 14.8 Å². The van der Waals surface area contributed by atoms with E-state index in [1.165, 1.54) is 0 Å². The van der Waals surface area contributed by atoms with Gasteiger partial charge in [0, 0.05) is 12.5 Å². The minimum atomic E-state index is -0.877. The molecule has 0 amide bonds. The van der Waals surface area contributed by atoms with Gasteiger partial charge >= 0.3 is 5.97 Å². The van der Waals surface area contributed by atoms with Gasteiger partial charge in [0.2, 0.25) is 0 Å². The van der Waals surface area contributed by atoms with E-state index in [4.69, 9.17) is 9.84 Å². The quantitative estimate of drug-likeness (QED) is 0.771. The number of carboxylic acids is 1. The Hall–Kier alpha value is -1.43. The topological polar surface area (TPSA) is 77.2 Å². The van der Waals surface area contributed by atoms with E-state index in [0.29, 0.717) is 19.0 Å². The van der Waals surface area contributed by atoms with Crippen molar-refractivity contribution in [2.24, 2.45) is 0 Å². The summed E-state index contributed by atoms with van der Waals surface area (Å²) in [7, 11) is 0. The van der Waals surface area contributed by atoms with E-state index < -0.39 is 5.97 Å². The molecule has 1 unspecified atom stereocenters. The summed E-state index contributed by atoms with van der Waals surface area (Å²) in [6.45, 7) is 3.00. The predicted molar refractivity (Wildman–Crippen MR) is 50.6 cm³/mol. The third kappa shape index (κ3) is 1.99. The molecule has 0 bridgehead atoms. The van der Waals surface area contributed by atoms with Crippen LogP contribution in [-0.2, 0) is 16.1 Å². The van der Waals surface area contributed by atoms with Crippen molar-refractivity contribution in [2.45, 2.75) is 25.8 Å². The van der Waals surface area contributed by atoms with E-state index in [1.807, 2.05) is 0 Å². The lowest BCUT2D eigenvalue weighted by Crippen LogP contribution is -2.16. The first kappa shape index (κ1) is 10.1. The number of rotatable bonds is 3. The molecule has 2 heterocycles. The molecule has 6 nitrogen and oxygen atoms in total. The summed E-state index contributed by atoms with van der Waals surface area (Å²) in [4.78, 5) is 10.7. The number of carboxylic acid groups (broad SMARTS) is 1. The predicted octanol–water partition coefficient (Wildman–Crippen LogP) is 0.175. The first-order chi connectivity index (χ1) is 7.18. The second kappa shape index (κ2) is 3.98. The molecule has 1 N–H and O–H groups in total. The maximum atomic E-state index is 10.7. The standard InChI is InChI=1S/C9H13N3O3/c1-6-10-11-9(7-2-3-15-5-7)12(6)4-8(13)14/h7H,2-5H2,1H3,(H,13,14). The van der Waals surface area contributed by atoms with Crippen LogP contribution >= 0.6 is 0 Å². The molecule has 0 aliphatic carbocycles. The lowest BCUT2D eigenvalue weighted by atomic mass is 10.1. The third-order valence-corrected chi connectivity index (χ3v) is 2.55. The summed E-state index contributed by atoms with van der Waals surface area (Å²) >= 11 is 0. The van der Waals surface area contributed by atoms with Gasteiger partial charge in [-0.05, 0) is 13.3 Å². The molecular weight excluding hydrogens is 198 g/mol. The van der Waals surface area contributed by atoms with Crippen molar-refractivity contribution in [3.63, 3.8) is 0 Å². The average molecular weight is 211 g/mol. The number of aliphatic carboxylic acids is 1. The molecule has 6 heteroatoms. The van der Waals surface area contributed by atoms with E-state index in [0.717, 1.165) is 12.2 Å². The molecule has 0 saturated carbocycles. The Morgan fingerprint density at radius 3 is 3.07 bits per heavy atom. The van der Waals surface area contributed by atoms with Crippen molar-refractivity contribution >= 4 is 5.97 Å². The second-order valence-electron chi connectivity index (χ2n) is 3.65. The zero-order chi connectivity index (χ0) is 10.8. The van der Waals surface area contributed by atoms with E-state index in [2.05, 4.69) is 10.2 Å². The third-order valence-electron chi connectivity index (χ3n) is 2.55. The van der Waals surface area contributed by atoms with Crippen LogP contribution in [0.25, 0.3) is 0 Å². The van der Waals surface area contributed by atoms with E-state index in [1.54, 1.807) is 11.5 Å². The molecular formula is C9H13N3O3. The monoisotopic (exact) mass is 211 g/mol.